The molecule has 2 aromatic rings. The van der Waals surface area contributed by atoms with E-state index in [2.05, 4.69) is 20.8 Å². The molecule has 0 atom stereocenters. The molecule has 4 nitrogen and oxygen atoms in total. The summed E-state index contributed by atoms with van der Waals surface area (Å²) >= 11 is 5.02. The van der Waals surface area contributed by atoms with Gasteiger partial charge in [-0.3, -0.25) is 10.4 Å². The minimum atomic E-state index is 0.462. The summed E-state index contributed by atoms with van der Waals surface area (Å²) in [5.74, 6) is 0. The van der Waals surface area contributed by atoms with E-state index < -0.39 is 0 Å². The summed E-state index contributed by atoms with van der Waals surface area (Å²) in [5.41, 5.74) is 5.32. The smallest absolute Gasteiger partial charge is 0.186 e. The van der Waals surface area contributed by atoms with Gasteiger partial charge in [-0.25, -0.2) is 0 Å². The van der Waals surface area contributed by atoms with Crippen molar-refractivity contribution in [1.29, 1.82) is 0 Å². The number of rotatable bonds is 3. The summed E-state index contributed by atoms with van der Waals surface area (Å²) in [6, 6.07) is 15.6. The van der Waals surface area contributed by atoms with E-state index in [-0.39, 0.29) is 0 Å². The lowest BCUT2D eigenvalue weighted by Gasteiger charge is -2.07. The standard InChI is InChI=1S/C14H14N4S/c1-15-14(19)18-17-13(11-7-3-2-4-8-11)12-9-5-6-10-16-12/h2-10H,1H3,(H2,15,18,19)/b17-13-. The average Bonchev–Trinajstić information content (AvgIpc) is 2.49. The van der Waals surface area contributed by atoms with Crippen molar-refractivity contribution in [3.05, 3.63) is 66.0 Å². The van der Waals surface area contributed by atoms with Gasteiger partial charge in [-0.05, 0) is 24.4 Å². The first kappa shape index (κ1) is 13.2. The van der Waals surface area contributed by atoms with Gasteiger partial charge in [0, 0.05) is 18.8 Å². The van der Waals surface area contributed by atoms with E-state index in [4.69, 9.17) is 12.2 Å². The Kier molecular flexibility index (Phi) is 4.58. The molecule has 1 heterocycles. The molecule has 0 fully saturated rings. The molecule has 5 heteroatoms. The highest BCUT2D eigenvalue weighted by atomic mass is 32.1. The number of aromatic nitrogens is 1. The molecule has 0 spiro atoms. The zero-order chi connectivity index (χ0) is 13.5. The predicted octanol–water partition coefficient (Wildman–Crippen LogP) is 1.93. The number of hydrogen-bond acceptors (Lipinski definition) is 3. The topological polar surface area (TPSA) is 49.3 Å². The van der Waals surface area contributed by atoms with Gasteiger partial charge >= 0.3 is 0 Å². The first-order valence-electron chi connectivity index (χ1n) is 5.83. The van der Waals surface area contributed by atoms with Gasteiger partial charge in [-0.1, -0.05) is 36.4 Å². The lowest BCUT2D eigenvalue weighted by atomic mass is 10.1. The number of pyridine rings is 1. The molecule has 0 saturated carbocycles. The Bertz CT molecular complexity index is 525. The second-order valence-electron chi connectivity index (χ2n) is 3.73. The molecule has 1 aromatic heterocycles. The van der Waals surface area contributed by atoms with E-state index in [9.17, 15) is 0 Å². The van der Waals surface area contributed by atoms with E-state index >= 15 is 0 Å². The summed E-state index contributed by atoms with van der Waals surface area (Å²) < 4.78 is 0. The van der Waals surface area contributed by atoms with Crippen LogP contribution < -0.4 is 10.7 Å². The molecule has 0 aliphatic heterocycles. The summed E-state index contributed by atoms with van der Waals surface area (Å²) in [5, 5.41) is 7.61. The quantitative estimate of drug-likeness (QED) is 0.508. The molecule has 0 aliphatic carbocycles. The van der Waals surface area contributed by atoms with Crippen LogP contribution >= 0.6 is 12.2 Å². The fraction of sp³-hybridized carbons (Fsp3) is 0.0714. The lowest BCUT2D eigenvalue weighted by molar-refractivity contribution is 0.973. The van der Waals surface area contributed by atoms with Crippen molar-refractivity contribution in [2.24, 2.45) is 5.10 Å². The third-order valence-electron chi connectivity index (χ3n) is 2.45. The van der Waals surface area contributed by atoms with Crippen molar-refractivity contribution in [2.45, 2.75) is 0 Å². The Morgan fingerprint density at radius 3 is 2.47 bits per heavy atom. The maximum atomic E-state index is 5.02. The van der Waals surface area contributed by atoms with Gasteiger partial charge in [0.15, 0.2) is 5.11 Å². The molecule has 0 bridgehead atoms. The third-order valence-corrected chi connectivity index (χ3v) is 2.75. The summed E-state index contributed by atoms with van der Waals surface area (Å²) in [7, 11) is 1.74. The highest BCUT2D eigenvalue weighted by molar-refractivity contribution is 7.80. The molecule has 2 N–H and O–H groups in total. The Morgan fingerprint density at radius 1 is 1.11 bits per heavy atom. The SMILES string of the molecule is CNC(=S)N/N=C(/c1ccccc1)c1ccccn1. The Morgan fingerprint density at radius 2 is 1.84 bits per heavy atom. The largest absolute Gasteiger partial charge is 0.364 e. The molecular formula is C14H14N4S. The molecule has 0 radical (unpaired) electrons. The van der Waals surface area contributed by atoms with Crippen LogP contribution in [0.2, 0.25) is 0 Å². The van der Waals surface area contributed by atoms with Crippen LogP contribution in [0.3, 0.4) is 0 Å². The Balaban J connectivity index is 2.37. The number of thiocarbonyl (C=S) groups is 1. The molecule has 19 heavy (non-hydrogen) atoms. The molecule has 0 unspecified atom stereocenters. The van der Waals surface area contributed by atoms with Gasteiger partial charge in [-0.15, -0.1) is 0 Å². The van der Waals surface area contributed by atoms with E-state index in [0.717, 1.165) is 17.0 Å². The molecular weight excluding hydrogens is 256 g/mol. The van der Waals surface area contributed by atoms with Gasteiger partial charge in [0.1, 0.15) is 5.71 Å². The lowest BCUT2D eigenvalue weighted by Crippen LogP contribution is -2.29. The molecule has 0 aliphatic rings. The van der Waals surface area contributed by atoms with Crippen LogP contribution in [0.1, 0.15) is 11.3 Å². The van der Waals surface area contributed by atoms with Crippen LogP contribution in [0.4, 0.5) is 0 Å². The molecule has 1 aromatic carbocycles. The predicted molar refractivity (Wildman–Crippen MR) is 81.1 cm³/mol. The molecule has 0 saturated heterocycles. The fourth-order valence-electron chi connectivity index (χ4n) is 1.53. The van der Waals surface area contributed by atoms with Gasteiger partial charge in [0.05, 0.1) is 5.69 Å². The number of benzene rings is 1. The summed E-state index contributed by atoms with van der Waals surface area (Å²) in [6.07, 6.45) is 1.74. The first-order chi connectivity index (χ1) is 9.31. The first-order valence-corrected chi connectivity index (χ1v) is 6.24. The highest BCUT2D eigenvalue weighted by Crippen LogP contribution is 2.07. The summed E-state index contributed by atoms with van der Waals surface area (Å²) in [6.45, 7) is 0. The van der Waals surface area contributed by atoms with E-state index in [1.807, 2.05) is 48.5 Å². The summed E-state index contributed by atoms with van der Waals surface area (Å²) in [4.78, 5) is 4.32. The van der Waals surface area contributed by atoms with Crippen molar-refractivity contribution in [1.82, 2.24) is 15.7 Å². The molecule has 96 valence electrons. The van der Waals surface area contributed by atoms with Crippen LogP contribution in [0.15, 0.2) is 59.8 Å². The van der Waals surface area contributed by atoms with Crippen LogP contribution in [0, 0.1) is 0 Å². The minimum absolute atomic E-state index is 0.462. The fourth-order valence-corrected chi connectivity index (χ4v) is 1.58. The van der Waals surface area contributed by atoms with E-state index in [1.54, 1.807) is 13.2 Å². The van der Waals surface area contributed by atoms with Crippen LogP contribution in [-0.2, 0) is 0 Å². The van der Waals surface area contributed by atoms with Crippen molar-refractivity contribution in [3.63, 3.8) is 0 Å². The zero-order valence-corrected chi connectivity index (χ0v) is 11.3. The maximum Gasteiger partial charge on any atom is 0.186 e. The average molecular weight is 270 g/mol. The van der Waals surface area contributed by atoms with Crippen molar-refractivity contribution >= 4 is 23.0 Å². The van der Waals surface area contributed by atoms with Crippen LogP contribution in [-0.4, -0.2) is 22.9 Å². The van der Waals surface area contributed by atoms with Crippen molar-refractivity contribution < 1.29 is 0 Å². The van der Waals surface area contributed by atoms with E-state index in [0.29, 0.717) is 5.11 Å². The van der Waals surface area contributed by atoms with Crippen LogP contribution in [0.25, 0.3) is 0 Å². The molecule has 2 rings (SSSR count). The van der Waals surface area contributed by atoms with Crippen molar-refractivity contribution in [2.75, 3.05) is 7.05 Å². The minimum Gasteiger partial charge on any atom is -0.364 e. The maximum absolute atomic E-state index is 5.02. The number of nitrogens with zero attached hydrogens (tertiary/aromatic N) is 2. The number of hydrogen-bond donors (Lipinski definition) is 2. The Labute approximate surface area is 117 Å². The van der Waals surface area contributed by atoms with Gasteiger partial charge in [0.2, 0.25) is 0 Å². The van der Waals surface area contributed by atoms with Gasteiger partial charge < -0.3 is 5.32 Å². The van der Waals surface area contributed by atoms with Gasteiger partial charge in [0.25, 0.3) is 0 Å². The monoisotopic (exact) mass is 270 g/mol. The van der Waals surface area contributed by atoms with Crippen LogP contribution in [0.5, 0.6) is 0 Å². The third kappa shape index (κ3) is 3.59. The second kappa shape index (κ2) is 6.61. The zero-order valence-electron chi connectivity index (χ0n) is 10.5. The number of hydrazone groups is 1. The Hall–Kier alpha value is -2.27. The van der Waals surface area contributed by atoms with E-state index in [1.165, 1.54) is 0 Å². The second-order valence-corrected chi connectivity index (χ2v) is 4.14. The van der Waals surface area contributed by atoms with Crippen molar-refractivity contribution in [3.8, 4) is 0 Å². The highest BCUT2D eigenvalue weighted by Gasteiger charge is 2.07. The van der Waals surface area contributed by atoms with Gasteiger partial charge in [-0.2, -0.15) is 5.10 Å². The number of nitrogens with one attached hydrogen (secondary N) is 2. The normalized spacial score (nSPS) is 10.9. The molecule has 0 amide bonds.